The normalized spacial score (nSPS) is 16.9. The lowest BCUT2D eigenvalue weighted by Gasteiger charge is -2.29. The van der Waals surface area contributed by atoms with Crippen LogP contribution in [-0.2, 0) is 40.1 Å². The number of nitrogens with zero attached hydrogens (tertiary/aromatic N) is 2. The lowest BCUT2D eigenvalue weighted by Crippen LogP contribution is -2.56. The average molecular weight is 534 g/mol. The number of likely N-dealkylation sites (tertiary alicyclic amines) is 1. The van der Waals surface area contributed by atoms with Crippen LogP contribution in [-0.4, -0.2) is 83.4 Å². The number of hydrazine groups is 1. The van der Waals surface area contributed by atoms with Gasteiger partial charge in [-0.2, -0.15) is 0 Å². The van der Waals surface area contributed by atoms with Crippen molar-refractivity contribution in [2.24, 2.45) is 0 Å². The van der Waals surface area contributed by atoms with Gasteiger partial charge in [0.05, 0.1) is 0 Å². The number of ether oxygens (including phenoxy) is 2. The predicted octanol–water partition coefficient (Wildman–Crippen LogP) is 0.238. The Labute approximate surface area is 221 Å². The van der Waals surface area contributed by atoms with Crippen LogP contribution in [0.15, 0.2) is 30.3 Å². The van der Waals surface area contributed by atoms with Crippen LogP contribution in [0.25, 0.3) is 0 Å². The molecule has 1 aromatic carbocycles. The summed E-state index contributed by atoms with van der Waals surface area (Å²) in [7, 11) is 1.25. The fourth-order valence-electron chi connectivity index (χ4n) is 3.73. The Morgan fingerprint density at radius 2 is 1.68 bits per heavy atom. The third-order valence-electron chi connectivity index (χ3n) is 5.77. The fraction of sp³-hybridized carbons (Fsp3) is 0.520. The molecule has 0 unspecified atom stereocenters. The van der Waals surface area contributed by atoms with Crippen molar-refractivity contribution < 1.29 is 38.2 Å². The van der Waals surface area contributed by atoms with Crippen molar-refractivity contribution in [3.63, 3.8) is 0 Å². The number of hydrogen-bond donors (Lipinski definition) is 3. The number of rotatable bonds is 9. The number of esters is 1. The van der Waals surface area contributed by atoms with Gasteiger partial charge < -0.3 is 25.0 Å². The topological polar surface area (TPSA) is 163 Å². The van der Waals surface area contributed by atoms with Crippen LogP contribution >= 0.6 is 0 Å². The molecular formula is C25H35N5O8. The van der Waals surface area contributed by atoms with Crippen LogP contribution in [0.5, 0.6) is 0 Å². The maximum atomic E-state index is 12.9. The van der Waals surface area contributed by atoms with E-state index in [1.165, 1.54) is 39.6 Å². The second-order valence-electron chi connectivity index (χ2n) is 9.00. The predicted molar refractivity (Wildman–Crippen MR) is 134 cm³/mol. The van der Waals surface area contributed by atoms with Crippen molar-refractivity contribution in [1.29, 1.82) is 0 Å². The summed E-state index contributed by atoms with van der Waals surface area (Å²) in [4.78, 5) is 75.0. The Bertz CT molecular complexity index is 1030. The second-order valence-corrected chi connectivity index (χ2v) is 9.00. The third-order valence-corrected chi connectivity index (χ3v) is 5.77. The molecule has 38 heavy (non-hydrogen) atoms. The number of benzene rings is 1. The second kappa shape index (κ2) is 14.0. The van der Waals surface area contributed by atoms with Gasteiger partial charge in [-0.25, -0.2) is 14.6 Å². The third kappa shape index (κ3) is 8.75. The number of carbonyl (C=O) groups is 6. The van der Waals surface area contributed by atoms with E-state index in [4.69, 9.17) is 9.47 Å². The maximum absolute atomic E-state index is 12.9. The molecule has 1 fully saturated rings. The van der Waals surface area contributed by atoms with Crippen molar-refractivity contribution in [2.75, 3.05) is 13.6 Å². The van der Waals surface area contributed by atoms with Crippen LogP contribution < -0.4 is 16.1 Å². The first-order valence-electron chi connectivity index (χ1n) is 12.2. The van der Waals surface area contributed by atoms with Crippen LogP contribution in [0.2, 0.25) is 0 Å². The van der Waals surface area contributed by atoms with E-state index < -0.39 is 54.0 Å². The highest BCUT2D eigenvalue weighted by atomic mass is 16.6. The minimum atomic E-state index is -1.22. The summed E-state index contributed by atoms with van der Waals surface area (Å²) in [5, 5.41) is 5.74. The summed E-state index contributed by atoms with van der Waals surface area (Å²) < 4.78 is 10.2. The molecule has 13 heteroatoms. The van der Waals surface area contributed by atoms with Gasteiger partial charge in [0.25, 0.3) is 5.91 Å². The Hall–Kier alpha value is -4.16. The van der Waals surface area contributed by atoms with E-state index in [1.807, 2.05) is 6.07 Å². The van der Waals surface area contributed by atoms with E-state index in [2.05, 4.69) is 16.1 Å². The molecule has 0 aliphatic carbocycles. The highest BCUT2D eigenvalue weighted by molar-refractivity contribution is 5.94. The zero-order valence-electron chi connectivity index (χ0n) is 22.2. The molecule has 1 aromatic rings. The first-order valence-corrected chi connectivity index (χ1v) is 12.2. The lowest BCUT2D eigenvalue weighted by atomic mass is 10.2. The summed E-state index contributed by atoms with van der Waals surface area (Å²) in [5.41, 5.74) is 3.14. The molecule has 0 spiro atoms. The Kier molecular flexibility index (Phi) is 11.0. The Morgan fingerprint density at radius 1 is 1.03 bits per heavy atom. The summed E-state index contributed by atoms with van der Waals surface area (Å²) >= 11 is 0. The molecule has 2 rings (SSSR count). The van der Waals surface area contributed by atoms with Crippen LogP contribution in [0.4, 0.5) is 4.79 Å². The lowest BCUT2D eigenvalue weighted by molar-refractivity contribution is -0.154. The number of nitrogens with one attached hydrogen (secondary N) is 3. The van der Waals surface area contributed by atoms with E-state index in [0.29, 0.717) is 12.8 Å². The van der Waals surface area contributed by atoms with Gasteiger partial charge in [-0.3, -0.25) is 24.6 Å². The molecule has 208 valence electrons. The molecule has 4 atom stereocenters. The van der Waals surface area contributed by atoms with E-state index in [0.717, 1.165) is 10.6 Å². The first-order chi connectivity index (χ1) is 17.9. The summed E-state index contributed by atoms with van der Waals surface area (Å²) in [6, 6.07) is 6.34. The SMILES string of the molecule is CC(=O)N[C@@H](C)C(=O)N[C@@H](C)C(=O)N1CCC[C@H]1C(=O)NN(C)C(=O)O[C@@H](C)C(=O)OCc1ccccc1. The zero-order chi connectivity index (χ0) is 28.4. The van der Waals surface area contributed by atoms with Crippen LogP contribution in [0, 0.1) is 0 Å². The van der Waals surface area contributed by atoms with Gasteiger partial charge in [0.2, 0.25) is 17.7 Å². The summed E-state index contributed by atoms with van der Waals surface area (Å²) in [6.07, 6.45) is -1.32. The molecule has 0 bridgehead atoms. The van der Waals surface area contributed by atoms with Gasteiger partial charge >= 0.3 is 12.1 Å². The van der Waals surface area contributed by atoms with E-state index in [-0.39, 0.29) is 19.1 Å². The first kappa shape index (κ1) is 30.1. The fourth-order valence-corrected chi connectivity index (χ4v) is 3.73. The molecule has 1 aliphatic heterocycles. The van der Waals surface area contributed by atoms with Crippen molar-refractivity contribution in [1.82, 2.24) is 26.0 Å². The van der Waals surface area contributed by atoms with Crippen molar-refractivity contribution in [3.8, 4) is 0 Å². The number of amides is 5. The van der Waals surface area contributed by atoms with Crippen LogP contribution in [0.3, 0.4) is 0 Å². The largest absolute Gasteiger partial charge is 0.458 e. The average Bonchev–Trinajstić information content (AvgIpc) is 3.36. The quantitative estimate of drug-likeness (QED) is 0.300. The van der Waals surface area contributed by atoms with Crippen LogP contribution in [0.1, 0.15) is 46.1 Å². The summed E-state index contributed by atoms with van der Waals surface area (Å²) in [6.45, 7) is 5.90. The summed E-state index contributed by atoms with van der Waals surface area (Å²) in [5.74, 6) is -2.78. The van der Waals surface area contributed by atoms with Gasteiger partial charge in [0.15, 0.2) is 6.10 Å². The van der Waals surface area contributed by atoms with Gasteiger partial charge in [0.1, 0.15) is 24.7 Å². The van der Waals surface area contributed by atoms with E-state index in [9.17, 15) is 28.8 Å². The Balaban J connectivity index is 1.86. The molecule has 0 radical (unpaired) electrons. The maximum Gasteiger partial charge on any atom is 0.429 e. The Morgan fingerprint density at radius 3 is 2.32 bits per heavy atom. The molecule has 0 aromatic heterocycles. The molecular weight excluding hydrogens is 498 g/mol. The minimum Gasteiger partial charge on any atom is -0.458 e. The number of hydrogen-bond acceptors (Lipinski definition) is 8. The van der Waals surface area contributed by atoms with Crippen molar-refractivity contribution in [2.45, 2.75) is 71.4 Å². The minimum absolute atomic E-state index is 0.0186. The highest BCUT2D eigenvalue weighted by Gasteiger charge is 2.37. The molecule has 1 saturated heterocycles. The van der Waals surface area contributed by atoms with Crippen molar-refractivity contribution >= 4 is 35.7 Å². The molecule has 0 saturated carbocycles. The molecule has 5 amide bonds. The molecule has 13 nitrogen and oxygen atoms in total. The smallest absolute Gasteiger partial charge is 0.429 e. The molecule has 1 heterocycles. The van der Waals surface area contributed by atoms with Crippen molar-refractivity contribution in [3.05, 3.63) is 35.9 Å². The van der Waals surface area contributed by atoms with E-state index in [1.54, 1.807) is 24.3 Å². The zero-order valence-corrected chi connectivity index (χ0v) is 22.2. The van der Waals surface area contributed by atoms with E-state index >= 15 is 0 Å². The molecule has 3 N–H and O–H groups in total. The number of carbonyl (C=O) groups excluding carboxylic acids is 6. The van der Waals surface area contributed by atoms with Gasteiger partial charge in [0, 0.05) is 20.5 Å². The molecule has 1 aliphatic rings. The van der Waals surface area contributed by atoms with Gasteiger partial charge in [-0.1, -0.05) is 30.3 Å². The van der Waals surface area contributed by atoms with Gasteiger partial charge in [-0.05, 0) is 39.2 Å². The highest BCUT2D eigenvalue weighted by Crippen LogP contribution is 2.19. The standard InChI is InChI=1S/C25H35N5O8/c1-15(26-18(4)31)21(32)27-16(2)23(34)30-13-9-12-20(30)22(33)28-29(5)25(36)38-17(3)24(35)37-14-19-10-7-6-8-11-19/h6-8,10-11,15-17,20H,9,12-14H2,1-5H3,(H,26,31)(H,27,32)(H,28,33)/t15-,16-,17-,20-/m0/s1. The monoisotopic (exact) mass is 533 g/mol. The van der Waals surface area contributed by atoms with Gasteiger partial charge in [-0.15, -0.1) is 0 Å².